The lowest BCUT2D eigenvalue weighted by Crippen LogP contribution is -2.29. The van der Waals surface area contributed by atoms with Crippen molar-refractivity contribution in [3.8, 4) is 0 Å². The van der Waals surface area contributed by atoms with E-state index in [-0.39, 0.29) is 0 Å². The van der Waals surface area contributed by atoms with E-state index < -0.39 is 0 Å². The highest BCUT2D eigenvalue weighted by Gasteiger charge is 2.40. The van der Waals surface area contributed by atoms with E-state index in [0.29, 0.717) is 17.6 Å². The van der Waals surface area contributed by atoms with Gasteiger partial charge in [0.25, 0.3) is 0 Å². The Morgan fingerprint density at radius 2 is 1.89 bits per heavy atom. The van der Waals surface area contributed by atoms with Crippen LogP contribution in [0.5, 0.6) is 0 Å². The molecule has 92 valence electrons. The molecule has 0 spiro atoms. The molecule has 3 aliphatic carbocycles. The number of hydrogen-bond acceptors (Lipinski definition) is 1. The maximum Gasteiger partial charge on any atom is 0.159 e. The van der Waals surface area contributed by atoms with Gasteiger partial charge in [-0.3, -0.25) is 4.79 Å². The molecule has 0 fully saturated rings. The van der Waals surface area contributed by atoms with Gasteiger partial charge in [0.15, 0.2) is 5.78 Å². The van der Waals surface area contributed by atoms with Crippen molar-refractivity contribution >= 4 is 5.78 Å². The van der Waals surface area contributed by atoms with Crippen LogP contribution in [0.25, 0.3) is 0 Å². The second-order valence-electron chi connectivity index (χ2n) is 5.94. The van der Waals surface area contributed by atoms with Gasteiger partial charge < -0.3 is 0 Å². The molecule has 0 N–H and O–H groups in total. The number of aryl methyl sites for hydroxylation is 1. The monoisotopic (exact) mass is 238 g/mol. The summed E-state index contributed by atoms with van der Waals surface area (Å²) in [5, 5.41) is 0. The highest BCUT2D eigenvalue weighted by molar-refractivity contribution is 5.98. The van der Waals surface area contributed by atoms with Crippen LogP contribution in [0.2, 0.25) is 0 Å². The first kappa shape index (κ1) is 10.5. The Morgan fingerprint density at radius 1 is 1.00 bits per heavy atom. The smallest absolute Gasteiger partial charge is 0.159 e. The van der Waals surface area contributed by atoms with Crippen molar-refractivity contribution in [2.24, 2.45) is 5.92 Å². The maximum atomic E-state index is 12.3. The number of carbonyl (C=O) groups excluding carboxylic acids is 1. The first-order valence-corrected chi connectivity index (χ1v) is 7.17. The van der Waals surface area contributed by atoms with Crippen molar-refractivity contribution in [2.75, 3.05) is 0 Å². The highest BCUT2D eigenvalue weighted by atomic mass is 16.1. The molecule has 0 saturated carbocycles. The third kappa shape index (κ3) is 1.36. The Balaban J connectivity index is 1.82. The largest absolute Gasteiger partial charge is 0.295 e. The van der Waals surface area contributed by atoms with E-state index in [2.05, 4.69) is 24.3 Å². The summed E-state index contributed by atoms with van der Waals surface area (Å²) < 4.78 is 0. The second kappa shape index (κ2) is 3.81. The summed E-state index contributed by atoms with van der Waals surface area (Å²) in [5.74, 6) is 1.61. The number of rotatable bonds is 0. The molecule has 0 unspecified atom stereocenters. The Bertz CT molecular complexity index is 552. The normalized spacial score (nSPS) is 29.9. The van der Waals surface area contributed by atoms with Crippen LogP contribution in [-0.4, -0.2) is 5.78 Å². The molecule has 0 saturated heterocycles. The minimum atomic E-state index is 0.445. The standard InChI is InChI=1S/C17H18O/c18-17-10-16-12-5-2-1-4-11(12)8-9-14(16)13-6-3-7-15(13)17/h1-2,4-5,14,16H,3,6-10H2/t14-,16-/m1/s1. The minimum absolute atomic E-state index is 0.445. The molecule has 0 bridgehead atoms. The van der Waals surface area contributed by atoms with Crippen molar-refractivity contribution in [1.29, 1.82) is 0 Å². The third-order valence-electron chi connectivity index (χ3n) is 5.11. The number of hydrogen-bond donors (Lipinski definition) is 0. The summed E-state index contributed by atoms with van der Waals surface area (Å²) in [4.78, 5) is 12.3. The van der Waals surface area contributed by atoms with Gasteiger partial charge in [-0.05, 0) is 60.6 Å². The van der Waals surface area contributed by atoms with E-state index in [1.807, 2.05) is 0 Å². The Kier molecular flexibility index (Phi) is 2.23. The van der Waals surface area contributed by atoms with E-state index in [1.54, 1.807) is 0 Å². The Labute approximate surface area is 108 Å². The second-order valence-corrected chi connectivity index (χ2v) is 5.94. The molecule has 1 aromatic carbocycles. The summed E-state index contributed by atoms with van der Waals surface area (Å²) >= 11 is 0. The number of allylic oxidation sites excluding steroid dienone is 2. The molecule has 0 aliphatic heterocycles. The van der Waals surface area contributed by atoms with Gasteiger partial charge in [-0.15, -0.1) is 0 Å². The molecule has 1 heteroatoms. The van der Waals surface area contributed by atoms with Gasteiger partial charge in [0, 0.05) is 6.42 Å². The van der Waals surface area contributed by atoms with Gasteiger partial charge in [0.2, 0.25) is 0 Å². The summed E-state index contributed by atoms with van der Waals surface area (Å²) in [6.07, 6.45) is 6.67. The molecule has 2 atom stereocenters. The molecule has 3 aliphatic rings. The van der Waals surface area contributed by atoms with Crippen molar-refractivity contribution in [1.82, 2.24) is 0 Å². The van der Waals surface area contributed by atoms with E-state index in [4.69, 9.17) is 0 Å². The Hall–Kier alpha value is -1.37. The fourth-order valence-corrected chi connectivity index (χ4v) is 4.34. The van der Waals surface area contributed by atoms with Gasteiger partial charge in [-0.1, -0.05) is 29.8 Å². The first-order chi connectivity index (χ1) is 8.84. The summed E-state index contributed by atoms with van der Waals surface area (Å²) in [5.41, 5.74) is 5.69. The van der Waals surface area contributed by atoms with Gasteiger partial charge in [0.1, 0.15) is 0 Å². The van der Waals surface area contributed by atoms with Crippen LogP contribution in [-0.2, 0) is 11.2 Å². The summed E-state index contributed by atoms with van der Waals surface area (Å²) in [6, 6.07) is 8.75. The van der Waals surface area contributed by atoms with Crippen molar-refractivity contribution < 1.29 is 4.79 Å². The zero-order chi connectivity index (χ0) is 12.1. The lowest BCUT2D eigenvalue weighted by Gasteiger charge is -2.38. The molecule has 0 amide bonds. The quantitative estimate of drug-likeness (QED) is 0.672. The maximum absolute atomic E-state index is 12.3. The Morgan fingerprint density at radius 3 is 2.83 bits per heavy atom. The van der Waals surface area contributed by atoms with Crippen LogP contribution in [0, 0.1) is 5.92 Å². The molecular weight excluding hydrogens is 220 g/mol. The molecule has 18 heavy (non-hydrogen) atoms. The van der Waals surface area contributed by atoms with Crippen LogP contribution in [0.3, 0.4) is 0 Å². The molecule has 0 heterocycles. The number of carbonyl (C=O) groups is 1. The van der Waals surface area contributed by atoms with Crippen molar-refractivity contribution in [2.45, 2.75) is 44.4 Å². The third-order valence-corrected chi connectivity index (χ3v) is 5.11. The summed E-state index contributed by atoms with van der Waals surface area (Å²) in [6.45, 7) is 0. The zero-order valence-electron chi connectivity index (χ0n) is 10.6. The fourth-order valence-electron chi connectivity index (χ4n) is 4.34. The van der Waals surface area contributed by atoms with Crippen LogP contribution in [0.1, 0.15) is 49.1 Å². The van der Waals surface area contributed by atoms with Gasteiger partial charge in [-0.2, -0.15) is 0 Å². The number of fused-ring (bicyclic) bond motifs is 4. The molecular formula is C17H18O. The number of benzene rings is 1. The van der Waals surface area contributed by atoms with Crippen LogP contribution in [0.15, 0.2) is 35.4 Å². The molecule has 0 aromatic heterocycles. The summed E-state index contributed by atoms with van der Waals surface area (Å²) in [7, 11) is 0. The first-order valence-electron chi connectivity index (χ1n) is 7.17. The van der Waals surface area contributed by atoms with Crippen LogP contribution in [0.4, 0.5) is 0 Å². The van der Waals surface area contributed by atoms with E-state index in [9.17, 15) is 4.79 Å². The highest BCUT2D eigenvalue weighted by Crippen LogP contribution is 2.50. The zero-order valence-corrected chi connectivity index (χ0v) is 10.6. The predicted molar refractivity (Wildman–Crippen MR) is 71.5 cm³/mol. The van der Waals surface area contributed by atoms with E-state index in [0.717, 1.165) is 12.8 Å². The predicted octanol–water partition coefficient (Wildman–Crippen LogP) is 3.79. The van der Waals surface area contributed by atoms with Gasteiger partial charge in [-0.25, -0.2) is 0 Å². The molecule has 1 aromatic rings. The topological polar surface area (TPSA) is 17.1 Å². The average molecular weight is 238 g/mol. The van der Waals surface area contributed by atoms with Crippen molar-refractivity contribution in [3.05, 3.63) is 46.5 Å². The van der Waals surface area contributed by atoms with Crippen molar-refractivity contribution in [3.63, 3.8) is 0 Å². The van der Waals surface area contributed by atoms with Gasteiger partial charge in [0.05, 0.1) is 0 Å². The van der Waals surface area contributed by atoms with Crippen LogP contribution < -0.4 is 0 Å². The fraction of sp³-hybridized carbons (Fsp3) is 0.471. The molecule has 0 radical (unpaired) electrons. The van der Waals surface area contributed by atoms with Crippen LogP contribution >= 0.6 is 0 Å². The number of ketones is 1. The lowest BCUT2D eigenvalue weighted by molar-refractivity contribution is -0.116. The van der Waals surface area contributed by atoms with E-state index in [1.165, 1.54) is 48.0 Å². The minimum Gasteiger partial charge on any atom is -0.295 e. The number of Topliss-reactive ketones (excluding diaryl/α,β-unsaturated/α-hetero) is 1. The van der Waals surface area contributed by atoms with Gasteiger partial charge >= 0.3 is 0 Å². The average Bonchev–Trinajstić information content (AvgIpc) is 2.89. The lowest BCUT2D eigenvalue weighted by atomic mass is 9.66. The SMILES string of the molecule is O=C1C[C@@H]2c3ccccc3CC[C@@H]2C2=C1CCC2. The molecule has 4 rings (SSSR count). The molecule has 1 nitrogen and oxygen atoms in total. The van der Waals surface area contributed by atoms with E-state index >= 15 is 0 Å².